The van der Waals surface area contributed by atoms with Crippen molar-refractivity contribution in [1.82, 2.24) is 0 Å². The zero-order valence-electron chi connectivity index (χ0n) is 18.7. The Morgan fingerprint density at radius 2 is 2.05 bits per heavy atom. The van der Waals surface area contributed by atoms with Crippen LogP contribution in [0.2, 0.25) is 0 Å². The predicted molar refractivity (Wildman–Crippen MR) is 93.8 cm³/mol. The van der Waals surface area contributed by atoms with Crippen molar-refractivity contribution in [1.29, 1.82) is 0 Å². The summed E-state index contributed by atoms with van der Waals surface area (Å²) in [7, 11) is 0. The minimum Gasteiger partial charge on any atom is -0.478 e. The molecule has 1 rings (SSSR count). The van der Waals surface area contributed by atoms with Crippen LogP contribution >= 0.6 is 0 Å². The van der Waals surface area contributed by atoms with E-state index in [-0.39, 0.29) is 12.0 Å². The van der Waals surface area contributed by atoms with E-state index in [1.807, 2.05) is 20.8 Å². The van der Waals surface area contributed by atoms with Crippen LogP contribution in [-0.4, -0.2) is 11.1 Å². The lowest BCUT2D eigenvalue weighted by Gasteiger charge is -2.32. The summed E-state index contributed by atoms with van der Waals surface area (Å²) in [6.45, 7) is 4.91. The monoisotopic (exact) mass is 305 g/mol. The molecule has 0 aromatic heterocycles. The number of hydrogen-bond donors (Lipinski definition) is 1. The number of aliphatic carboxylic acids is 1. The van der Waals surface area contributed by atoms with Crippen LogP contribution in [0.4, 0.5) is 0 Å². The van der Waals surface area contributed by atoms with Crippen LogP contribution in [0, 0.1) is 5.41 Å². The number of carbonyl (C=O) groups is 1. The third kappa shape index (κ3) is 5.88. The van der Waals surface area contributed by atoms with Crippen molar-refractivity contribution in [3.8, 4) is 0 Å². The lowest BCUT2D eigenvalue weighted by Crippen LogP contribution is -2.19. The standard InChI is InChI=1S/C20H28O2/c1-15(8-6-9-16(2)14-19(21)22)11-12-18-17(3)10-7-13-20(18,4)5/h6,8-9,11-12,14H,7,10,13H2,1-5H3,(H,21,22)/i3D3,10D2. The van der Waals surface area contributed by atoms with Crippen molar-refractivity contribution >= 4 is 5.97 Å². The molecule has 0 spiro atoms. The molecule has 0 atom stereocenters. The summed E-state index contributed by atoms with van der Waals surface area (Å²) in [4.78, 5) is 10.6. The minimum absolute atomic E-state index is 0.105. The number of carboxylic acid groups (broad SMARTS) is 1. The Kier molecular flexibility index (Phi) is 4.24. The summed E-state index contributed by atoms with van der Waals surface area (Å²) in [5, 5.41) is 8.68. The fraction of sp³-hybridized carbons (Fsp3) is 0.450. The number of rotatable bonds is 5. The van der Waals surface area contributed by atoms with Gasteiger partial charge in [-0.15, -0.1) is 0 Å². The topological polar surface area (TPSA) is 37.3 Å². The molecule has 0 aromatic carbocycles. The van der Waals surface area contributed by atoms with E-state index in [0.717, 1.165) is 11.6 Å². The summed E-state index contributed by atoms with van der Waals surface area (Å²) in [5.74, 6) is -1.00. The van der Waals surface area contributed by atoms with Crippen molar-refractivity contribution in [3.63, 3.8) is 0 Å². The van der Waals surface area contributed by atoms with Gasteiger partial charge in [-0.3, -0.25) is 0 Å². The average molecular weight is 305 g/mol. The Hall–Kier alpha value is -1.83. The fourth-order valence-electron chi connectivity index (χ4n) is 2.24. The van der Waals surface area contributed by atoms with Crippen LogP contribution in [0.1, 0.15) is 60.6 Å². The van der Waals surface area contributed by atoms with Crippen molar-refractivity contribution in [2.45, 2.75) is 53.8 Å². The average Bonchev–Trinajstić information content (AvgIpc) is 2.46. The highest BCUT2D eigenvalue weighted by atomic mass is 16.4. The summed E-state index contributed by atoms with van der Waals surface area (Å²) >= 11 is 0. The van der Waals surface area contributed by atoms with E-state index in [4.69, 9.17) is 12.0 Å². The highest BCUT2D eigenvalue weighted by molar-refractivity contribution is 5.81. The summed E-state index contributed by atoms with van der Waals surface area (Å²) < 4.78 is 39.8. The number of allylic oxidation sites excluding steroid dienone is 9. The predicted octanol–water partition coefficient (Wildman–Crippen LogP) is 5.60. The van der Waals surface area contributed by atoms with Gasteiger partial charge in [0.2, 0.25) is 0 Å². The summed E-state index contributed by atoms with van der Waals surface area (Å²) in [5.41, 5.74) is 1.43. The highest BCUT2D eigenvalue weighted by Gasteiger charge is 2.26. The van der Waals surface area contributed by atoms with E-state index in [1.54, 1.807) is 37.3 Å². The van der Waals surface area contributed by atoms with Crippen molar-refractivity contribution < 1.29 is 16.8 Å². The second-order valence-electron chi connectivity index (χ2n) is 6.18. The molecular weight excluding hydrogens is 272 g/mol. The van der Waals surface area contributed by atoms with Crippen LogP contribution in [0.5, 0.6) is 0 Å². The quantitative estimate of drug-likeness (QED) is 0.530. The van der Waals surface area contributed by atoms with Gasteiger partial charge in [0.15, 0.2) is 0 Å². The van der Waals surface area contributed by atoms with E-state index < -0.39 is 24.6 Å². The molecular formula is C20H28O2. The Morgan fingerprint density at radius 3 is 2.68 bits per heavy atom. The molecule has 0 amide bonds. The first-order chi connectivity index (χ1) is 12.2. The van der Waals surface area contributed by atoms with E-state index in [0.29, 0.717) is 17.6 Å². The molecule has 2 heteroatoms. The first-order valence-electron chi connectivity index (χ1n) is 9.87. The number of hydrogen-bond acceptors (Lipinski definition) is 1. The molecule has 0 unspecified atom stereocenters. The van der Waals surface area contributed by atoms with Gasteiger partial charge in [0.05, 0.1) is 0 Å². The smallest absolute Gasteiger partial charge is 0.328 e. The third-order valence-corrected chi connectivity index (χ3v) is 3.63. The molecule has 1 N–H and O–H groups in total. The Balaban J connectivity index is 3.24. The molecule has 0 fully saturated rings. The maximum absolute atomic E-state index is 10.6. The lowest BCUT2D eigenvalue weighted by molar-refractivity contribution is -0.131. The van der Waals surface area contributed by atoms with E-state index in [2.05, 4.69) is 0 Å². The third-order valence-electron chi connectivity index (χ3n) is 3.63. The summed E-state index contributed by atoms with van der Waals surface area (Å²) in [6, 6.07) is 0. The van der Waals surface area contributed by atoms with Gasteiger partial charge in [-0.05, 0) is 56.5 Å². The lowest BCUT2D eigenvalue weighted by atomic mass is 9.72. The van der Waals surface area contributed by atoms with E-state index in [9.17, 15) is 4.79 Å². The first-order valence-corrected chi connectivity index (χ1v) is 7.37. The Labute approximate surface area is 141 Å². The molecule has 1 aliphatic rings. The molecule has 0 aliphatic heterocycles. The molecule has 0 heterocycles. The highest BCUT2D eigenvalue weighted by Crippen LogP contribution is 2.40. The maximum atomic E-state index is 10.6. The van der Waals surface area contributed by atoms with Crippen molar-refractivity contribution in [3.05, 3.63) is 58.7 Å². The Bertz CT molecular complexity index is 732. The van der Waals surface area contributed by atoms with Crippen LogP contribution in [0.25, 0.3) is 0 Å². The van der Waals surface area contributed by atoms with Crippen LogP contribution in [-0.2, 0) is 4.79 Å². The summed E-state index contributed by atoms with van der Waals surface area (Å²) in [6.07, 6.45) is 8.67. The largest absolute Gasteiger partial charge is 0.478 e. The molecule has 0 saturated heterocycles. The van der Waals surface area contributed by atoms with Gasteiger partial charge < -0.3 is 5.11 Å². The van der Waals surface area contributed by atoms with Crippen LogP contribution in [0.15, 0.2) is 58.7 Å². The van der Waals surface area contributed by atoms with E-state index >= 15 is 0 Å². The fourth-order valence-corrected chi connectivity index (χ4v) is 2.24. The molecule has 22 heavy (non-hydrogen) atoms. The normalized spacial score (nSPS) is 26.5. The van der Waals surface area contributed by atoms with Crippen LogP contribution in [0.3, 0.4) is 0 Å². The van der Waals surface area contributed by atoms with Gasteiger partial charge in [-0.2, -0.15) is 0 Å². The van der Waals surface area contributed by atoms with Gasteiger partial charge in [0, 0.05) is 12.9 Å². The maximum Gasteiger partial charge on any atom is 0.328 e. The second kappa shape index (κ2) is 7.98. The molecule has 0 bridgehead atoms. The zero-order chi connectivity index (χ0) is 21.0. The molecule has 0 saturated carbocycles. The van der Waals surface area contributed by atoms with Crippen molar-refractivity contribution in [2.24, 2.45) is 5.41 Å². The van der Waals surface area contributed by atoms with Gasteiger partial charge in [-0.1, -0.05) is 55.4 Å². The molecule has 1 aliphatic carbocycles. The van der Waals surface area contributed by atoms with Gasteiger partial charge in [-0.25, -0.2) is 4.79 Å². The van der Waals surface area contributed by atoms with Gasteiger partial charge in [0.1, 0.15) is 0 Å². The van der Waals surface area contributed by atoms with Gasteiger partial charge in [0.25, 0.3) is 0 Å². The van der Waals surface area contributed by atoms with Crippen LogP contribution < -0.4 is 0 Å². The minimum atomic E-state index is -2.49. The number of carboxylic acids is 1. The first kappa shape index (κ1) is 11.7. The second-order valence-corrected chi connectivity index (χ2v) is 6.18. The zero-order valence-corrected chi connectivity index (χ0v) is 13.7. The molecule has 0 radical (unpaired) electrons. The SMILES string of the molecule is [2H]C([2H])([2H])C1=C(C=CC(C)=CC=CC(C)=CC(=O)O)C(C)(C)CCC1([2H])[2H]. The van der Waals surface area contributed by atoms with E-state index in [1.165, 1.54) is 0 Å². The molecule has 2 nitrogen and oxygen atoms in total. The molecule has 120 valence electrons. The Morgan fingerprint density at radius 1 is 1.32 bits per heavy atom. The molecule has 0 aromatic rings. The van der Waals surface area contributed by atoms with Crippen molar-refractivity contribution in [2.75, 3.05) is 0 Å². The van der Waals surface area contributed by atoms with Gasteiger partial charge >= 0.3 is 5.97 Å².